The van der Waals surface area contributed by atoms with Crippen molar-refractivity contribution in [2.75, 3.05) is 40.9 Å². The molecule has 1 unspecified atom stereocenters. The number of rotatable bonds is 36. The highest BCUT2D eigenvalue weighted by Crippen LogP contribution is 2.38. The molecule has 0 rings (SSSR count). The highest BCUT2D eigenvalue weighted by molar-refractivity contribution is 7.45. The van der Waals surface area contributed by atoms with Gasteiger partial charge in [0.2, 0.25) is 5.91 Å². The van der Waals surface area contributed by atoms with Gasteiger partial charge >= 0.3 is 0 Å². The van der Waals surface area contributed by atoms with E-state index in [-0.39, 0.29) is 19.1 Å². The number of carbonyl (C=O) groups excluding carboxylic acids is 1. The van der Waals surface area contributed by atoms with Crippen LogP contribution in [0.4, 0.5) is 0 Å². The maximum absolute atomic E-state index is 12.8. The van der Waals surface area contributed by atoms with Gasteiger partial charge < -0.3 is 28.8 Å². The molecule has 0 aliphatic rings. The zero-order valence-corrected chi connectivity index (χ0v) is 33.5. The number of likely N-dealkylation sites (N-methyl/N-ethyl adjacent to an activating group) is 1. The topological polar surface area (TPSA) is 108 Å². The molecule has 0 radical (unpaired) electrons. The van der Waals surface area contributed by atoms with E-state index in [2.05, 4.69) is 31.3 Å². The Morgan fingerprint density at radius 1 is 0.694 bits per heavy atom. The smallest absolute Gasteiger partial charge is 0.268 e. The molecule has 0 aromatic heterocycles. The first-order valence-electron chi connectivity index (χ1n) is 20.2. The lowest BCUT2D eigenvalue weighted by Gasteiger charge is -2.29. The SMILES string of the molecule is CCCCCCCCCCCC/C=C/CC/C=C/[C@@H](O)[C@H](COP(=O)([O-])OCC[N+](C)(C)C)NC(=O)CCCCCCCCCCCCC. The number of aliphatic hydroxyl groups is 1. The van der Waals surface area contributed by atoms with Crippen LogP contribution in [0.5, 0.6) is 0 Å². The molecule has 0 saturated carbocycles. The van der Waals surface area contributed by atoms with Crippen molar-refractivity contribution in [2.24, 2.45) is 0 Å². The van der Waals surface area contributed by atoms with Crippen LogP contribution >= 0.6 is 7.82 Å². The van der Waals surface area contributed by atoms with Crippen molar-refractivity contribution in [1.29, 1.82) is 0 Å². The van der Waals surface area contributed by atoms with Gasteiger partial charge in [-0.05, 0) is 32.1 Å². The van der Waals surface area contributed by atoms with Crippen molar-refractivity contribution in [1.82, 2.24) is 5.32 Å². The van der Waals surface area contributed by atoms with Crippen LogP contribution in [0, 0.1) is 0 Å². The quantitative estimate of drug-likeness (QED) is 0.0290. The van der Waals surface area contributed by atoms with Gasteiger partial charge in [-0.15, -0.1) is 0 Å². The van der Waals surface area contributed by atoms with Crippen LogP contribution in [-0.4, -0.2) is 68.5 Å². The minimum atomic E-state index is -4.58. The van der Waals surface area contributed by atoms with Crippen LogP contribution in [0.1, 0.15) is 174 Å². The van der Waals surface area contributed by atoms with E-state index >= 15 is 0 Å². The Bertz CT molecular complexity index is 860. The first kappa shape index (κ1) is 48.0. The number of amides is 1. The van der Waals surface area contributed by atoms with Gasteiger partial charge in [-0.3, -0.25) is 9.36 Å². The van der Waals surface area contributed by atoms with E-state index in [1.54, 1.807) is 6.08 Å². The number of allylic oxidation sites excluding steroid dienone is 3. The highest BCUT2D eigenvalue weighted by Gasteiger charge is 2.23. The Labute approximate surface area is 303 Å². The van der Waals surface area contributed by atoms with E-state index in [1.165, 1.54) is 116 Å². The van der Waals surface area contributed by atoms with E-state index in [9.17, 15) is 19.4 Å². The maximum Gasteiger partial charge on any atom is 0.268 e. The van der Waals surface area contributed by atoms with Crippen molar-refractivity contribution in [2.45, 2.75) is 187 Å². The molecular formula is C40H79N2O6P. The van der Waals surface area contributed by atoms with Crippen LogP contribution in [0.3, 0.4) is 0 Å². The second kappa shape index (κ2) is 32.9. The van der Waals surface area contributed by atoms with Crippen LogP contribution in [-0.2, 0) is 18.4 Å². The third-order valence-corrected chi connectivity index (χ3v) is 9.88. The summed E-state index contributed by atoms with van der Waals surface area (Å²) >= 11 is 0. The molecule has 1 amide bonds. The van der Waals surface area contributed by atoms with E-state index in [0.717, 1.165) is 38.5 Å². The number of unbranched alkanes of at least 4 members (excludes halogenated alkanes) is 21. The number of phosphoric ester groups is 1. The van der Waals surface area contributed by atoms with E-state index in [0.29, 0.717) is 17.4 Å². The lowest BCUT2D eigenvalue weighted by atomic mass is 10.0. The summed E-state index contributed by atoms with van der Waals surface area (Å²) in [7, 11) is 1.24. The van der Waals surface area contributed by atoms with Gasteiger partial charge in [-0.25, -0.2) is 0 Å². The monoisotopic (exact) mass is 715 g/mol. The van der Waals surface area contributed by atoms with Crippen LogP contribution in [0.15, 0.2) is 24.3 Å². The fraction of sp³-hybridized carbons (Fsp3) is 0.875. The molecule has 8 nitrogen and oxygen atoms in total. The Balaban J connectivity index is 4.54. The molecule has 0 aromatic rings. The molecule has 0 aliphatic carbocycles. The summed E-state index contributed by atoms with van der Waals surface area (Å²) in [5, 5.41) is 13.7. The third kappa shape index (κ3) is 35.2. The minimum Gasteiger partial charge on any atom is -0.756 e. The molecule has 9 heteroatoms. The zero-order chi connectivity index (χ0) is 36.5. The van der Waals surface area contributed by atoms with Gasteiger partial charge in [-0.2, -0.15) is 0 Å². The van der Waals surface area contributed by atoms with Crippen molar-refractivity contribution in [3.63, 3.8) is 0 Å². The Hall–Kier alpha value is -1.02. The van der Waals surface area contributed by atoms with Crippen molar-refractivity contribution < 1.29 is 32.9 Å². The number of aliphatic hydroxyl groups excluding tert-OH is 1. The first-order chi connectivity index (χ1) is 23.5. The largest absolute Gasteiger partial charge is 0.756 e. The van der Waals surface area contributed by atoms with Gasteiger partial charge in [0.05, 0.1) is 39.9 Å². The fourth-order valence-corrected chi connectivity index (χ4v) is 6.36. The number of hydrogen-bond acceptors (Lipinski definition) is 6. The number of phosphoric acid groups is 1. The summed E-state index contributed by atoms with van der Waals surface area (Å²) in [5.74, 6) is -0.210. The molecule has 0 aliphatic heterocycles. The van der Waals surface area contributed by atoms with Crippen LogP contribution in [0.2, 0.25) is 0 Å². The summed E-state index contributed by atoms with van der Waals surface area (Å²) in [4.78, 5) is 25.1. The van der Waals surface area contributed by atoms with Gasteiger partial charge in [0.25, 0.3) is 7.82 Å². The number of nitrogens with one attached hydrogen (secondary N) is 1. The fourth-order valence-electron chi connectivity index (χ4n) is 5.64. The summed E-state index contributed by atoms with van der Waals surface area (Å²) in [6, 6.07) is -0.896. The number of hydrogen-bond donors (Lipinski definition) is 2. The summed E-state index contributed by atoms with van der Waals surface area (Å²) in [6.07, 6.45) is 36.5. The molecule has 0 bridgehead atoms. The predicted molar refractivity (Wildman–Crippen MR) is 205 cm³/mol. The van der Waals surface area contributed by atoms with Gasteiger partial charge in [0.1, 0.15) is 13.2 Å². The van der Waals surface area contributed by atoms with Crippen molar-refractivity contribution in [3.05, 3.63) is 24.3 Å². The standard InChI is InChI=1S/C40H79N2O6P/c1-6-8-10-12-14-16-18-19-20-21-22-24-25-27-29-31-33-39(43)38(37-48-49(45,46)47-36-35-42(3,4)5)41-40(44)34-32-30-28-26-23-17-15-13-11-9-7-2/h24-25,31,33,38-39,43H,6-23,26-30,32,34-37H2,1-5H3,(H-,41,44,45,46)/b25-24+,33-31+/t38-,39+/m0/s1. The molecule has 0 aromatic carbocycles. The van der Waals surface area contributed by atoms with Crippen LogP contribution < -0.4 is 10.2 Å². The summed E-state index contributed by atoms with van der Waals surface area (Å²) in [5.41, 5.74) is 0. The molecule has 0 saturated heterocycles. The Kier molecular flexibility index (Phi) is 32.2. The Morgan fingerprint density at radius 2 is 1.14 bits per heavy atom. The summed E-state index contributed by atoms with van der Waals surface area (Å²) < 4.78 is 23.1. The molecule has 0 heterocycles. The number of nitrogens with zero attached hydrogens (tertiary/aromatic N) is 1. The molecule has 0 spiro atoms. The second-order valence-electron chi connectivity index (χ2n) is 15.0. The normalized spacial score (nSPS) is 14.8. The van der Waals surface area contributed by atoms with Crippen molar-refractivity contribution >= 4 is 13.7 Å². The van der Waals surface area contributed by atoms with Crippen LogP contribution in [0.25, 0.3) is 0 Å². The first-order valence-corrected chi connectivity index (χ1v) is 21.7. The van der Waals surface area contributed by atoms with Gasteiger partial charge in [-0.1, -0.05) is 160 Å². The van der Waals surface area contributed by atoms with E-state index in [1.807, 2.05) is 27.2 Å². The predicted octanol–water partition coefficient (Wildman–Crippen LogP) is 9.94. The summed E-state index contributed by atoms with van der Waals surface area (Å²) in [6.45, 7) is 4.60. The average molecular weight is 715 g/mol. The molecule has 3 atom stereocenters. The number of carbonyl (C=O) groups is 1. The maximum atomic E-state index is 12.8. The molecule has 0 fully saturated rings. The zero-order valence-electron chi connectivity index (χ0n) is 32.6. The van der Waals surface area contributed by atoms with Gasteiger partial charge in [0.15, 0.2) is 0 Å². The van der Waals surface area contributed by atoms with E-state index < -0.39 is 20.0 Å². The third-order valence-electron chi connectivity index (χ3n) is 8.91. The van der Waals surface area contributed by atoms with Gasteiger partial charge in [0, 0.05) is 6.42 Å². The number of quaternary nitrogens is 1. The van der Waals surface area contributed by atoms with E-state index in [4.69, 9.17) is 9.05 Å². The minimum absolute atomic E-state index is 0.00463. The molecule has 49 heavy (non-hydrogen) atoms. The average Bonchev–Trinajstić information content (AvgIpc) is 3.04. The molecule has 290 valence electrons. The molecule has 2 N–H and O–H groups in total. The lowest BCUT2D eigenvalue weighted by molar-refractivity contribution is -0.870. The second-order valence-corrected chi connectivity index (χ2v) is 16.4. The molecular weight excluding hydrogens is 635 g/mol. The lowest BCUT2D eigenvalue weighted by Crippen LogP contribution is -2.45. The van der Waals surface area contributed by atoms with Crippen molar-refractivity contribution in [3.8, 4) is 0 Å². The highest BCUT2D eigenvalue weighted by atomic mass is 31.2. The Morgan fingerprint density at radius 3 is 1.65 bits per heavy atom.